The van der Waals surface area contributed by atoms with Crippen LogP contribution in [-0.4, -0.2) is 38.1 Å². The lowest BCUT2D eigenvalue weighted by molar-refractivity contribution is 0.0524. The third-order valence-corrected chi connectivity index (χ3v) is 4.47. The van der Waals surface area contributed by atoms with Crippen LogP contribution in [0.4, 0.5) is 5.69 Å². The Morgan fingerprint density at radius 3 is 2.46 bits per heavy atom. The minimum atomic E-state index is -3.46. The molecule has 0 saturated heterocycles. The van der Waals surface area contributed by atoms with Gasteiger partial charge in [0.2, 0.25) is 10.0 Å². The van der Waals surface area contributed by atoms with E-state index in [4.69, 9.17) is 4.74 Å². The first-order valence-electron chi connectivity index (χ1n) is 8.64. The van der Waals surface area contributed by atoms with E-state index in [1.165, 1.54) is 12.1 Å². The lowest BCUT2D eigenvalue weighted by Crippen LogP contribution is -2.28. The summed E-state index contributed by atoms with van der Waals surface area (Å²) in [5.41, 5.74) is 1.83. The van der Waals surface area contributed by atoms with Crippen molar-refractivity contribution in [2.24, 2.45) is 0 Å². The number of rotatable bonds is 7. The zero-order valence-corrected chi connectivity index (χ0v) is 17.0. The van der Waals surface area contributed by atoms with Crippen molar-refractivity contribution >= 4 is 27.6 Å². The number of amides is 1. The quantitative estimate of drug-likeness (QED) is 0.684. The molecule has 28 heavy (non-hydrogen) atoms. The van der Waals surface area contributed by atoms with Gasteiger partial charge in [0.25, 0.3) is 5.91 Å². The Hall–Kier alpha value is -2.94. The summed E-state index contributed by atoms with van der Waals surface area (Å²) < 4.78 is 30.5. The van der Waals surface area contributed by atoms with E-state index in [-0.39, 0.29) is 12.3 Å². The number of hydrogen-bond donors (Lipinski definition) is 2. The second-order valence-corrected chi connectivity index (χ2v) is 7.96. The molecule has 0 aliphatic rings. The Morgan fingerprint density at radius 2 is 1.86 bits per heavy atom. The third-order valence-electron chi connectivity index (χ3n) is 3.88. The number of para-hydroxylation sites is 1. The molecule has 2 aromatic rings. The molecule has 2 rings (SSSR count). The summed E-state index contributed by atoms with van der Waals surface area (Å²) in [6.45, 7) is 5.32. The summed E-state index contributed by atoms with van der Waals surface area (Å²) in [5, 5.41) is 2.79. The van der Waals surface area contributed by atoms with Crippen LogP contribution in [0.3, 0.4) is 0 Å². The molecule has 1 aromatic carbocycles. The zero-order chi connectivity index (χ0) is 20.9. The normalized spacial score (nSPS) is 12.1. The van der Waals surface area contributed by atoms with Crippen LogP contribution in [0.1, 0.15) is 52.0 Å². The van der Waals surface area contributed by atoms with Gasteiger partial charge in [-0.25, -0.2) is 18.2 Å². The number of hydrogen-bond acceptors (Lipinski definition) is 6. The summed E-state index contributed by atoms with van der Waals surface area (Å²) >= 11 is 0. The summed E-state index contributed by atoms with van der Waals surface area (Å²) in [5.74, 6) is -0.936. The number of carbonyl (C=O) groups is 2. The highest BCUT2D eigenvalue weighted by Gasteiger charge is 2.18. The fourth-order valence-corrected chi connectivity index (χ4v) is 3.21. The molecule has 8 nitrogen and oxygen atoms in total. The van der Waals surface area contributed by atoms with Gasteiger partial charge in [0.05, 0.1) is 35.8 Å². The van der Waals surface area contributed by atoms with Gasteiger partial charge >= 0.3 is 5.97 Å². The van der Waals surface area contributed by atoms with E-state index < -0.39 is 27.9 Å². The van der Waals surface area contributed by atoms with Crippen molar-refractivity contribution in [3.63, 3.8) is 0 Å². The van der Waals surface area contributed by atoms with Crippen molar-refractivity contribution in [3.05, 3.63) is 58.9 Å². The molecule has 0 aliphatic carbocycles. The summed E-state index contributed by atoms with van der Waals surface area (Å²) in [4.78, 5) is 28.6. The summed E-state index contributed by atoms with van der Waals surface area (Å²) in [6, 6.07) is 9.26. The van der Waals surface area contributed by atoms with Gasteiger partial charge in [-0.1, -0.05) is 18.2 Å². The molecular formula is C19H23N3O5S. The van der Waals surface area contributed by atoms with Crippen molar-refractivity contribution in [2.75, 3.05) is 17.6 Å². The Kier molecular flexibility index (Phi) is 6.74. The third kappa shape index (κ3) is 5.53. The van der Waals surface area contributed by atoms with E-state index in [0.29, 0.717) is 22.5 Å². The predicted molar refractivity (Wildman–Crippen MR) is 106 cm³/mol. The van der Waals surface area contributed by atoms with E-state index in [9.17, 15) is 18.0 Å². The molecule has 1 unspecified atom stereocenters. The van der Waals surface area contributed by atoms with E-state index in [0.717, 1.165) is 6.26 Å². The van der Waals surface area contributed by atoms with Crippen LogP contribution in [0, 0.1) is 6.92 Å². The zero-order valence-electron chi connectivity index (χ0n) is 16.1. The van der Waals surface area contributed by atoms with E-state index in [2.05, 4.69) is 15.0 Å². The smallest absolute Gasteiger partial charge is 0.339 e. The molecule has 0 fully saturated rings. The maximum atomic E-state index is 12.6. The highest BCUT2D eigenvalue weighted by Crippen LogP contribution is 2.23. The van der Waals surface area contributed by atoms with Crippen molar-refractivity contribution in [1.29, 1.82) is 0 Å². The van der Waals surface area contributed by atoms with Gasteiger partial charge in [0, 0.05) is 0 Å². The van der Waals surface area contributed by atoms with Gasteiger partial charge in [-0.3, -0.25) is 9.52 Å². The molecule has 1 aromatic heterocycles. The number of sulfonamides is 1. The number of esters is 1. The Labute approximate surface area is 164 Å². The van der Waals surface area contributed by atoms with Crippen molar-refractivity contribution in [3.8, 4) is 0 Å². The first-order chi connectivity index (χ1) is 13.1. The van der Waals surface area contributed by atoms with Crippen molar-refractivity contribution in [2.45, 2.75) is 26.8 Å². The number of ether oxygens (including phenoxy) is 1. The van der Waals surface area contributed by atoms with Crippen LogP contribution in [0.5, 0.6) is 0 Å². The number of pyridine rings is 1. The Balaban J connectivity index is 2.19. The SMILES string of the molecule is CCOC(=O)c1ccc(C(=O)NC(C)c2ccccc2NS(C)(=O)=O)nc1C. The molecular weight excluding hydrogens is 382 g/mol. The van der Waals surface area contributed by atoms with Crippen LogP contribution in [0.2, 0.25) is 0 Å². The molecule has 1 amide bonds. The lowest BCUT2D eigenvalue weighted by Gasteiger charge is -2.18. The number of aromatic nitrogens is 1. The summed E-state index contributed by atoms with van der Waals surface area (Å²) in [7, 11) is -3.46. The molecule has 1 atom stereocenters. The highest BCUT2D eigenvalue weighted by molar-refractivity contribution is 7.92. The molecule has 150 valence electrons. The van der Waals surface area contributed by atoms with Gasteiger partial charge in [-0.15, -0.1) is 0 Å². The van der Waals surface area contributed by atoms with Crippen LogP contribution in [0.25, 0.3) is 0 Å². The number of aryl methyl sites for hydroxylation is 1. The second kappa shape index (κ2) is 8.83. The maximum absolute atomic E-state index is 12.6. The number of benzene rings is 1. The van der Waals surface area contributed by atoms with Gasteiger partial charge in [-0.2, -0.15) is 0 Å². The number of nitrogens with one attached hydrogen (secondary N) is 2. The van der Waals surface area contributed by atoms with Gasteiger partial charge < -0.3 is 10.1 Å². The molecule has 1 heterocycles. The molecule has 9 heteroatoms. The Morgan fingerprint density at radius 1 is 1.18 bits per heavy atom. The average molecular weight is 405 g/mol. The maximum Gasteiger partial charge on any atom is 0.339 e. The minimum Gasteiger partial charge on any atom is -0.462 e. The molecule has 0 spiro atoms. The van der Waals surface area contributed by atoms with Crippen LogP contribution >= 0.6 is 0 Å². The van der Waals surface area contributed by atoms with Gasteiger partial charge in [0.1, 0.15) is 5.69 Å². The van der Waals surface area contributed by atoms with Crippen LogP contribution < -0.4 is 10.0 Å². The largest absolute Gasteiger partial charge is 0.462 e. The predicted octanol–water partition coefficient (Wildman–Crippen LogP) is 2.43. The molecule has 0 bridgehead atoms. The molecule has 2 N–H and O–H groups in total. The standard InChI is InChI=1S/C19H23N3O5S/c1-5-27-19(24)15-10-11-17(20-13(15)3)18(23)21-12(2)14-8-6-7-9-16(14)22-28(4,25)26/h6-12,22H,5H2,1-4H3,(H,21,23). The second-order valence-electron chi connectivity index (χ2n) is 6.21. The van der Waals surface area contributed by atoms with E-state index in [1.54, 1.807) is 45.0 Å². The molecule has 0 radical (unpaired) electrons. The van der Waals surface area contributed by atoms with Crippen molar-refractivity contribution < 1.29 is 22.7 Å². The fourth-order valence-electron chi connectivity index (χ4n) is 2.63. The lowest BCUT2D eigenvalue weighted by atomic mass is 10.1. The average Bonchev–Trinajstić information content (AvgIpc) is 2.60. The summed E-state index contributed by atoms with van der Waals surface area (Å²) in [6.07, 6.45) is 1.06. The number of anilines is 1. The van der Waals surface area contributed by atoms with Gasteiger partial charge in [-0.05, 0) is 44.5 Å². The number of carbonyl (C=O) groups excluding carboxylic acids is 2. The van der Waals surface area contributed by atoms with E-state index >= 15 is 0 Å². The van der Waals surface area contributed by atoms with Crippen LogP contribution in [-0.2, 0) is 14.8 Å². The minimum absolute atomic E-state index is 0.144. The first kappa shape index (κ1) is 21.4. The highest BCUT2D eigenvalue weighted by atomic mass is 32.2. The van der Waals surface area contributed by atoms with Gasteiger partial charge in [0.15, 0.2) is 0 Å². The Bertz CT molecular complexity index is 989. The topological polar surface area (TPSA) is 114 Å². The monoisotopic (exact) mass is 405 g/mol. The molecule has 0 aliphatic heterocycles. The van der Waals surface area contributed by atoms with Crippen molar-refractivity contribution in [1.82, 2.24) is 10.3 Å². The number of nitrogens with zero attached hydrogens (tertiary/aromatic N) is 1. The van der Waals surface area contributed by atoms with E-state index in [1.807, 2.05) is 0 Å². The molecule has 0 saturated carbocycles. The fraction of sp³-hybridized carbons (Fsp3) is 0.316. The van der Waals surface area contributed by atoms with Crippen LogP contribution in [0.15, 0.2) is 36.4 Å². The first-order valence-corrected chi connectivity index (χ1v) is 10.5.